The van der Waals surface area contributed by atoms with Crippen LogP contribution in [0.3, 0.4) is 0 Å². The summed E-state index contributed by atoms with van der Waals surface area (Å²) in [5.41, 5.74) is 0.764. The van der Waals surface area contributed by atoms with Crippen LogP contribution in [0.5, 0.6) is 5.75 Å². The lowest BCUT2D eigenvalue weighted by Crippen LogP contribution is -2.28. The number of nitrogens with one attached hydrogen (secondary N) is 1. The molecule has 1 N–H and O–H groups in total. The molecule has 0 fully saturated rings. The van der Waals surface area contributed by atoms with Crippen molar-refractivity contribution in [1.82, 2.24) is 10.5 Å². The van der Waals surface area contributed by atoms with Crippen LogP contribution in [-0.4, -0.2) is 17.6 Å². The molecule has 5 nitrogen and oxygen atoms in total. The molecule has 2 rings (SSSR count). The number of amides is 1. The minimum Gasteiger partial charge on any atom is -0.489 e. The van der Waals surface area contributed by atoms with E-state index >= 15 is 0 Å². The lowest BCUT2D eigenvalue weighted by atomic mass is 10.2. The summed E-state index contributed by atoms with van der Waals surface area (Å²) in [6, 6.07) is 5.81. The first-order chi connectivity index (χ1) is 10.5. The molecular formula is C16H19FN2O3. The van der Waals surface area contributed by atoms with Gasteiger partial charge in [-0.15, -0.1) is 0 Å². The van der Waals surface area contributed by atoms with Gasteiger partial charge >= 0.3 is 0 Å². The van der Waals surface area contributed by atoms with Gasteiger partial charge in [0.25, 0.3) is 5.91 Å². The zero-order valence-corrected chi connectivity index (χ0v) is 12.9. The van der Waals surface area contributed by atoms with Crippen molar-refractivity contribution in [3.8, 4) is 5.75 Å². The number of rotatable bonds is 6. The molecule has 1 amide bonds. The molecule has 0 aliphatic heterocycles. The summed E-state index contributed by atoms with van der Waals surface area (Å²) in [6.07, 6.45) is 0. The van der Waals surface area contributed by atoms with Crippen molar-refractivity contribution in [3.05, 3.63) is 47.1 Å². The molecule has 0 saturated carbocycles. The summed E-state index contributed by atoms with van der Waals surface area (Å²) in [5, 5.41) is 6.56. The number of carbonyl (C=O) groups is 1. The van der Waals surface area contributed by atoms with E-state index in [4.69, 9.17) is 9.26 Å². The minimum atomic E-state index is -0.380. The Labute approximate surface area is 128 Å². The Morgan fingerprint density at radius 2 is 2.23 bits per heavy atom. The second-order valence-corrected chi connectivity index (χ2v) is 5.42. The van der Waals surface area contributed by atoms with E-state index in [1.807, 2.05) is 13.8 Å². The van der Waals surface area contributed by atoms with Crippen molar-refractivity contribution < 1.29 is 18.4 Å². The van der Waals surface area contributed by atoms with Crippen molar-refractivity contribution >= 4 is 5.91 Å². The van der Waals surface area contributed by atoms with E-state index in [9.17, 15) is 9.18 Å². The van der Waals surface area contributed by atoms with Gasteiger partial charge in [0.1, 0.15) is 23.9 Å². The van der Waals surface area contributed by atoms with Crippen LogP contribution in [0.15, 0.2) is 28.8 Å². The van der Waals surface area contributed by atoms with E-state index in [1.54, 1.807) is 19.1 Å². The number of halogens is 1. The zero-order chi connectivity index (χ0) is 16.1. The Balaban J connectivity index is 2.07. The number of hydrogen-bond acceptors (Lipinski definition) is 4. The number of hydrogen-bond donors (Lipinski definition) is 1. The average Bonchev–Trinajstić information content (AvgIpc) is 2.84. The van der Waals surface area contributed by atoms with Gasteiger partial charge in [0.2, 0.25) is 0 Å². The van der Waals surface area contributed by atoms with Gasteiger partial charge in [-0.25, -0.2) is 4.39 Å². The highest BCUT2D eigenvalue weighted by Gasteiger charge is 2.20. The van der Waals surface area contributed by atoms with Gasteiger partial charge < -0.3 is 14.6 Å². The van der Waals surface area contributed by atoms with Gasteiger partial charge in [-0.3, -0.25) is 4.79 Å². The number of nitrogens with zero attached hydrogens (tertiary/aromatic N) is 1. The third kappa shape index (κ3) is 4.07. The predicted octanol–water partition coefficient (Wildman–Crippen LogP) is 3.09. The smallest absolute Gasteiger partial charge is 0.273 e. The van der Waals surface area contributed by atoms with Crippen molar-refractivity contribution in [2.24, 2.45) is 5.92 Å². The molecule has 0 bridgehead atoms. The molecule has 0 unspecified atom stereocenters. The molecule has 6 heteroatoms. The zero-order valence-electron chi connectivity index (χ0n) is 12.9. The number of aryl methyl sites for hydroxylation is 1. The Morgan fingerprint density at radius 3 is 2.91 bits per heavy atom. The Bertz CT molecular complexity index is 653. The molecule has 0 aliphatic rings. The van der Waals surface area contributed by atoms with Crippen LogP contribution in [0.25, 0.3) is 0 Å². The predicted molar refractivity (Wildman–Crippen MR) is 79.1 cm³/mol. The monoisotopic (exact) mass is 306 g/mol. The SMILES string of the molecule is Cc1onc(C(=O)NCC(C)C)c1COc1cccc(F)c1. The summed E-state index contributed by atoms with van der Waals surface area (Å²) in [7, 11) is 0. The van der Waals surface area contributed by atoms with Gasteiger partial charge in [-0.1, -0.05) is 25.1 Å². The van der Waals surface area contributed by atoms with Crippen LogP contribution in [0.1, 0.15) is 35.7 Å². The van der Waals surface area contributed by atoms with E-state index < -0.39 is 0 Å². The minimum absolute atomic E-state index is 0.0865. The maximum absolute atomic E-state index is 13.1. The second kappa shape index (κ2) is 7.06. The Kier molecular flexibility index (Phi) is 5.14. The number of benzene rings is 1. The van der Waals surface area contributed by atoms with Gasteiger partial charge in [-0.2, -0.15) is 0 Å². The van der Waals surface area contributed by atoms with E-state index in [-0.39, 0.29) is 24.0 Å². The third-order valence-corrected chi connectivity index (χ3v) is 3.05. The molecule has 118 valence electrons. The summed E-state index contributed by atoms with van der Waals surface area (Å²) in [5.74, 6) is 0.544. The van der Waals surface area contributed by atoms with E-state index in [0.29, 0.717) is 29.5 Å². The highest BCUT2D eigenvalue weighted by atomic mass is 19.1. The van der Waals surface area contributed by atoms with Crippen LogP contribution in [0.4, 0.5) is 4.39 Å². The maximum Gasteiger partial charge on any atom is 0.273 e. The highest BCUT2D eigenvalue weighted by molar-refractivity contribution is 5.93. The summed E-state index contributed by atoms with van der Waals surface area (Å²) in [6.45, 7) is 6.35. The Morgan fingerprint density at radius 1 is 1.45 bits per heavy atom. The molecule has 0 saturated heterocycles. The van der Waals surface area contributed by atoms with Gasteiger partial charge in [0, 0.05) is 12.6 Å². The first-order valence-electron chi connectivity index (χ1n) is 7.09. The standard InChI is InChI=1S/C16H19FN2O3/c1-10(2)8-18-16(20)15-14(11(3)22-19-15)9-21-13-6-4-5-12(17)7-13/h4-7,10H,8-9H2,1-3H3,(H,18,20). The fourth-order valence-electron chi connectivity index (χ4n) is 1.83. The normalized spacial score (nSPS) is 10.8. The topological polar surface area (TPSA) is 64.4 Å². The van der Waals surface area contributed by atoms with E-state index in [2.05, 4.69) is 10.5 Å². The van der Waals surface area contributed by atoms with Gasteiger partial charge in [0.15, 0.2) is 5.69 Å². The molecule has 1 aromatic heterocycles. The Hall–Kier alpha value is -2.37. The van der Waals surface area contributed by atoms with Crippen LogP contribution >= 0.6 is 0 Å². The lowest BCUT2D eigenvalue weighted by Gasteiger charge is -2.08. The fourth-order valence-corrected chi connectivity index (χ4v) is 1.83. The van der Waals surface area contributed by atoms with Crippen LogP contribution < -0.4 is 10.1 Å². The molecule has 0 aliphatic carbocycles. The molecule has 1 aromatic carbocycles. The first kappa shape index (κ1) is 16.0. The molecule has 22 heavy (non-hydrogen) atoms. The molecule has 2 aromatic rings. The molecule has 0 spiro atoms. The average molecular weight is 306 g/mol. The second-order valence-electron chi connectivity index (χ2n) is 5.42. The summed E-state index contributed by atoms with van der Waals surface area (Å²) in [4.78, 5) is 12.1. The molecule has 1 heterocycles. The summed E-state index contributed by atoms with van der Waals surface area (Å²) < 4.78 is 23.7. The third-order valence-electron chi connectivity index (χ3n) is 3.05. The van der Waals surface area contributed by atoms with Gasteiger partial charge in [-0.05, 0) is 25.0 Å². The number of carbonyl (C=O) groups excluding carboxylic acids is 1. The van der Waals surface area contributed by atoms with Crippen molar-refractivity contribution in [2.45, 2.75) is 27.4 Å². The van der Waals surface area contributed by atoms with Crippen LogP contribution in [0, 0.1) is 18.7 Å². The van der Waals surface area contributed by atoms with Crippen molar-refractivity contribution in [3.63, 3.8) is 0 Å². The molecule has 0 radical (unpaired) electrons. The lowest BCUT2D eigenvalue weighted by molar-refractivity contribution is 0.0937. The van der Waals surface area contributed by atoms with E-state index in [0.717, 1.165) is 0 Å². The maximum atomic E-state index is 13.1. The number of aromatic nitrogens is 1. The van der Waals surface area contributed by atoms with Crippen LogP contribution in [-0.2, 0) is 6.61 Å². The molecular weight excluding hydrogens is 287 g/mol. The van der Waals surface area contributed by atoms with Crippen molar-refractivity contribution in [1.29, 1.82) is 0 Å². The first-order valence-corrected chi connectivity index (χ1v) is 7.09. The molecule has 0 atom stereocenters. The van der Waals surface area contributed by atoms with Crippen molar-refractivity contribution in [2.75, 3.05) is 6.54 Å². The highest BCUT2D eigenvalue weighted by Crippen LogP contribution is 2.18. The quantitative estimate of drug-likeness (QED) is 0.890. The van der Waals surface area contributed by atoms with Crippen LogP contribution in [0.2, 0.25) is 0 Å². The summed E-state index contributed by atoms with van der Waals surface area (Å²) >= 11 is 0. The largest absolute Gasteiger partial charge is 0.489 e. The van der Waals surface area contributed by atoms with E-state index in [1.165, 1.54) is 12.1 Å². The fraction of sp³-hybridized carbons (Fsp3) is 0.375. The number of ether oxygens (including phenoxy) is 1. The van der Waals surface area contributed by atoms with Gasteiger partial charge in [0.05, 0.1) is 5.56 Å².